The quantitative estimate of drug-likeness (QED) is 0.257. The number of carbonyl (C=O) groups excluding carboxylic acids is 1. The molecule has 1 N–H and O–H groups in total. The predicted molar refractivity (Wildman–Crippen MR) is 120 cm³/mol. The van der Waals surface area contributed by atoms with Gasteiger partial charge in [-0.3, -0.25) is 8.98 Å². The molecule has 1 unspecified atom stereocenters. The van der Waals surface area contributed by atoms with E-state index >= 15 is 0 Å². The zero-order valence-corrected chi connectivity index (χ0v) is 20.7. The van der Waals surface area contributed by atoms with Crippen LogP contribution in [0.4, 0.5) is 0 Å². The van der Waals surface area contributed by atoms with Gasteiger partial charge in [-0.2, -0.15) is 8.42 Å². The number of hydroxylamine groups is 1. The molecular formula is C21H31NO10S2. The van der Waals surface area contributed by atoms with Crippen molar-refractivity contribution in [2.75, 3.05) is 39.3 Å². The Morgan fingerprint density at radius 2 is 1.76 bits per heavy atom. The minimum absolute atomic E-state index is 0.00532. The lowest BCUT2D eigenvalue weighted by atomic mass is 9.98. The lowest BCUT2D eigenvalue weighted by molar-refractivity contribution is -0.202. The van der Waals surface area contributed by atoms with Crippen LogP contribution < -0.4 is 10.2 Å². The number of amides is 1. The molecule has 0 aromatic heterocycles. The molecule has 0 radical (unpaired) electrons. The molecular weight excluding hydrogens is 490 g/mol. The Morgan fingerprint density at radius 1 is 1.06 bits per heavy atom. The van der Waals surface area contributed by atoms with Crippen LogP contribution in [0.5, 0.6) is 5.75 Å². The Hall–Kier alpha value is -1.77. The van der Waals surface area contributed by atoms with Gasteiger partial charge in [0.25, 0.3) is 16.0 Å². The van der Waals surface area contributed by atoms with Gasteiger partial charge in [0, 0.05) is 32.7 Å². The van der Waals surface area contributed by atoms with E-state index in [1.165, 1.54) is 24.3 Å². The maximum absolute atomic E-state index is 13.6. The summed E-state index contributed by atoms with van der Waals surface area (Å²) in [5.41, 5.74) is 2.32. The molecule has 2 fully saturated rings. The van der Waals surface area contributed by atoms with Crippen LogP contribution in [0, 0.1) is 0 Å². The average Bonchev–Trinajstić information content (AvgIpc) is 2.83. The molecule has 0 spiro atoms. The number of ether oxygens (including phenoxy) is 3. The topological polar surface area (TPSA) is 144 Å². The van der Waals surface area contributed by atoms with E-state index in [0.717, 1.165) is 19.1 Å². The van der Waals surface area contributed by atoms with E-state index in [4.69, 9.17) is 19.0 Å². The Kier molecular flexibility index (Phi) is 9.29. The van der Waals surface area contributed by atoms with Gasteiger partial charge in [0.05, 0.1) is 24.4 Å². The SMILES string of the molecule is CS(=O)(=O)OCCCOc1ccc(S(=O)(=O)C2(C(=O)NOC3CCCCO3)CCOCC2)cc1. The lowest BCUT2D eigenvalue weighted by Gasteiger charge is -2.35. The summed E-state index contributed by atoms with van der Waals surface area (Å²) < 4.78 is 68.3. The summed E-state index contributed by atoms with van der Waals surface area (Å²) in [5, 5.41) is 0. The van der Waals surface area contributed by atoms with Crippen LogP contribution in [0.3, 0.4) is 0 Å². The first-order valence-corrected chi connectivity index (χ1v) is 14.4. The van der Waals surface area contributed by atoms with Crippen molar-refractivity contribution in [1.29, 1.82) is 0 Å². The molecule has 1 atom stereocenters. The van der Waals surface area contributed by atoms with Crippen LogP contribution in [-0.4, -0.2) is 73.1 Å². The summed E-state index contributed by atoms with van der Waals surface area (Å²) in [6.45, 7) is 0.953. The normalized spacial score (nSPS) is 21.0. The van der Waals surface area contributed by atoms with Gasteiger partial charge in [0.15, 0.2) is 20.9 Å². The molecule has 2 heterocycles. The summed E-state index contributed by atoms with van der Waals surface area (Å²) in [5.74, 6) is -0.335. The van der Waals surface area contributed by atoms with Gasteiger partial charge in [-0.1, -0.05) is 0 Å². The number of sulfone groups is 1. The Labute approximate surface area is 200 Å². The molecule has 2 aliphatic rings. The lowest BCUT2D eigenvalue weighted by Crippen LogP contribution is -2.56. The monoisotopic (exact) mass is 521 g/mol. The van der Waals surface area contributed by atoms with Crippen molar-refractivity contribution in [2.24, 2.45) is 0 Å². The summed E-state index contributed by atoms with van der Waals surface area (Å²) in [6.07, 6.45) is 3.12. The van der Waals surface area contributed by atoms with E-state index in [-0.39, 0.29) is 44.2 Å². The standard InChI is InChI=1S/C21H31NO10S2/c1-33(24,25)31-14-4-13-29-17-6-8-18(9-7-17)34(26,27)21(10-15-28-16-11-21)20(23)22-32-19-5-2-3-12-30-19/h6-9,19H,2-5,10-16H2,1H3,(H,22,23). The molecule has 0 bridgehead atoms. The van der Waals surface area contributed by atoms with Gasteiger partial charge in [0.1, 0.15) is 5.75 Å². The molecule has 2 saturated heterocycles. The molecule has 13 heteroatoms. The third kappa shape index (κ3) is 6.89. The summed E-state index contributed by atoms with van der Waals surface area (Å²) in [6, 6.07) is 5.74. The molecule has 1 aromatic carbocycles. The van der Waals surface area contributed by atoms with Crippen molar-refractivity contribution < 1.29 is 44.9 Å². The van der Waals surface area contributed by atoms with Crippen LogP contribution in [0.1, 0.15) is 38.5 Å². The molecule has 2 aliphatic heterocycles. The molecule has 11 nitrogen and oxygen atoms in total. The highest BCUT2D eigenvalue weighted by atomic mass is 32.2. The highest BCUT2D eigenvalue weighted by Gasteiger charge is 2.52. The van der Waals surface area contributed by atoms with Crippen LogP contribution in [-0.2, 0) is 43.2 Å². The van der Waals surface area contributed by atoms with Gasteiger partial charge >= 0.3 is 0 Å². The second-order valence-electron chi connectivity index (χ2n) is 8.15. The van der Waals surface area contributed by atoms with Gasteiger partial charge in [-0.25, -0.2) is 18.7 Å². The molecule has 192 valence electrons. The number of benzene rings is 1. The van der Waals surface area contributed by atoms with Gasteiger partial charge in [0.2, 0.25) is 0 Å². The van der Waals surface area contributed by atoms with E-state index in [9.17, 15) is 21.6 Å². The summed E-state index contributed by atoms with van der Waals surface area (Å²) in [7, 11) is -7.60. The fourth-order valence-corrected chi connectivity index (χ4v) is 6.09. The van der Waals surface area contributed by atoms with Gasteiger partial charge in [-0.15, -0.1) is 0 Å². The van der Waals surface area contributed by atoms with Crippen LogP contribution in [0.2, 0.25) is 0 Å². The predicted octanol–water partition coefficient (Wildman–Crippen LogP) is 1.33. The second kappa shape index (κ2) is 11.8. The highest BCUT2D eigenvalue weighted by Crippen LogP contribution is 2.36. The van der Waals surface area contributed by atoms with Crippen molar-refractivity contribution in [3.8, 4) is 5.75 Å². The third-order valence-corrected chi connectivity index (χ3v) is 8.75. The maximum Gasteiger partial charge on any atom is 0.265 e. The number of nitrogens with one attached hydrogen (secondary N) is 1. The van der Waals surface area contributed by atoms with Gasteiger partial charge < -0.3 is 14.2 Å². The summed E-state index contributed by atoms with van der Waals surface area (Å²) >= 11 is 0. The maximum atomic E-state index is 13.6. The highest BCUT2D eigenvalue weighted by molar-refractivity contribution is 7.93. The number of rotatable bonds is 11. The van der Waals surface area contributed by atoms with E-state index in [1.807, 2.05) is 0 Å². The first kappa shape index (κ1) is 26.8. The number of hydrogen-bond donors (Lipinski definition) is 1. The number of carbonyl (C=O) groups is 1. The first-order valence-electron chi connectivity index (χ1n) is 11.1. The largest absolute Gasteiger partial charge is 0.494 e. The van der Waals surface area contributed by atoms with Crippen LogP contribution in [0.15, 0.2) is 29.2 Å². The Balaban J connectivity index is 1.65. The van der Waals surface area contributed by atoms with Crippen LogP contribution >= 0.6 is 0 Å². The zero-order chi connectivity index (χ0) is 24.7. The fourth-order valence-electron chi connectivity index (χ4n) is 3.74. The fraction of sp³-hybridized carbons (Fsp3) is 0.667. The molecule has 34 heavy (non-hydrogen) atoms. The van der Waals surface area contributed by atoms with Gasteiger partial charge in [-0.05, 0) is 49.9 Å². The van der Waals surface area contributed by atoms with E-state index in [1.54, 1.807) is 0 Å². The van der Waals surface area contributed by atoms with E-state index in [0.29, 0.717) is 25.2 Å². The van der Waals surface area contributed by atoms with Crippen molar-refractivity contribution in [2.45, 2.75) is 54.5 Å². The Morgan fingerprint density at radius 3 is 2.38 bits per heavy atom. The number of hydrogen-bond acceptors (Lipinski definition) is 10. The van der Waals surface area contributed by atoms with Crippen molar-refractivity contribution in [3.63, 3.8) is 0 Å². The molecule has 0 aliphatic carbocycles. The minimum Gasteiger partial charge on any atom is -0.494 e. The Bertz CT molecular complexity index is 1010. The average molecular weight is 522 g/mol. The van der Waals surface area contributed by atoms with E-state index < -0.39 is 36.9 Å². The molecule has 0 saturated carbocycles. The second-order valence-corrected chi connectivity index (χ2v) is 12.1. The third-order valence-electron chi connectivity index (χ3n) is 5.64. The van der Waals surface area contributed by atoms with Crippen molar-refractivity contribution >= 4 is 25.9 Å². The van der Waals surface area contributed by atoms with E-state index in [2.05, 4.69) is 9.66 Å². The summed E-state index contributed by atoms with van der Waals surface area (Å²) in [4.78, 5) is 18.5. The first-order chi connectivity index (χ1) is 16.1. The minimum atomic E-state index is -4.09. The molecule has 1 amide bonds. The smallest absolute Gasteiger partial charge is 0.265 e. The molecule has 1 aromatic rings. The van der Waals surface area contributed by atoms with Crippen molar-refractivity contribution in [1.82, 2.24) is 5.48 Å². The van der Waals surface area contributed by atoms with Crippen molar-refractivity contribution in [3.05, 3.63) is 24.3 Å². The molecule has 3 rings (SSSR count). The zero-order valence-electron chi connectivity index (χ0n) is 19.1. The van der Waals surface area contributed by atoms with Crippen LogP contribution in [0.25, 0.3) is 0 Å².